The first-order chi connectivity index (χ1) is 17.9. The van der Waals surface area contributed by atoms with Crippen molar-refractivity contribution in [3.8, 4) is 5.75 Å². The van der Waals surface area contributed by atoms with Crippen LogP contribution in [0.4, 0.5) is 0 Å². The summed E-state index contributed by atoms with van der Waals surface area (Å²) in [6, 6.07) is 33.6. The Labute approximate surface area is 217 Å². The van der Waals surface area contributed by atoms with Crippen LogP contribution in [0.25, 0.3) is 0 Å². The van der Waals surface area contributed by atoms with Crippen LogP contribution in [0.5, 0.6) is 5.75 Å². The Hall–Kier alpha value is -4.42. The van der Waals surface area contributed by atoms with Gasteiger partial charge in [0.25, 0.3) is 5.91 Å². The zero-order valence-corrected chi connectivity index (χ0v) is 20.9. The maximum atomic E-state index is 13.9. The first kappa shape index (κ1) is 25.7. The van der Waals surface area contributed by atoms with Crippen LogP contribution >= 0.6 is 0 Å². The second-order valence-electron chi connectivity index (χ2n) is 8.59. The molecule has 0 fully saturated rings. The molecule has 1 atom stereocenters. The number of nitrogens with one attached hydrogen (secondary N) is 1. The minimum Gasteiger partial charge on any atom is -0.494 e. The van der Waals surface area contributed by atoms with E-state index in [1.54, 1.807) is 48.5 Å². The van der Waals surface area contributed by atoms with Gasteiger partial charge in [0.1, 0.15) is 11.8 Å². The summed E-state index contributed by atoms with van der Waals surface area (Å²) in [5, 5.41) is 13.2. The molecule has 0 saturated heterocycles. The maximum Gasteiger partial charge on any atom is 0.279 e. The Morgan fingerprint density at radius 3 is 1.70 bits per heavy atom. The van der Waals surface area contributed by atoms with E-state index in [1.165, 1.54) is 11.9 Å². The third-order valence-electron chi connectivity index (χ3n) is 6.15. The van der Waals surface area contributed by atoms with Gasteiger partial charge in [-0.1, -0.05) is 103 Å². The number of amides is 2. The molecule has 0 radical (unpaired) electrons. The normalized spacial score (nSPS) is 11.9. The number of hydrazine groups is 1. The van der Waals surface area contributed by atoms with E-state index in [-0.39, 0.29) is 5.91 Å². The summed E-state index contributed by atoms with van der Waals surface area (Å²) in [6.45, 7) is 3.83. The molecule has 4 aromatic rings. The Morgan fingerprint density at radius 1 is 0.784 bits per heavy atom. The zero-order chi connectivity index (χ0) is 26.3. The maximum absolute atomic E-state index is 13.9. The van der Waals surface area contributed by atoms with Crippen LogP contribution in [0, 0.1) is 0 Å². The minimum atomic E-state index is -2.03. The second kappa shape index (κ2) is 11.5. The van der Waals surface area contributed by atoms with Gasteiger partial charge < -0.3 is 9.84 Å². The topological polar surface area (TPSA) is 78.9 Å². The van der Waals surface area contributed by atoms with Crippen LogP contribution < -0.4 is 10.2 Å². The molecule has 6 nitrogen and oxygen atoms in total. The molecule has 6 heteroatoms. The minimum absolute atomic E-state index is 0.388. The van der Waals surface area contributed by atoms with E-state index in [9.17, 15) is 14.7 Å². The molecule has 0 spiro atoms. The van der Waals surface area contributed by atoms with E-state index in [2.05, 4.69) is 5.43 Å². The van der Waals surface area contributed by atoms with E-state index >= 15 is 0 Å². The molecular weight excluding hydrogens is 464 g/mol. The molecule has 2 N–H and O–H groups in total. The van der Waals surface area contributed by atoms with E-state index in [0.29, 0.717) is 23.5 Å². The number of rotatable bonds is 8. The number of ether oxygens (including phenoxy) is 1. The van der Waals surface area contributed by atoms with Gasteiger partial charge in [0.05, 0.1) is 6.61 Å². The fourth-order valence-electron chi connectivity index (χ4n) is 4.34. The van der Waals surface area contributed by atoms with Crippen LogP contribution in [0.2, 0.25) is 0 Å². The molecule has 0 aromatic heterocycles. The summed E-state index contributed by atoms with van der Waals surface area (Å²) in [6.07, 6.45) is 0. The highest BCUT2D eigenvalue weighted by atomic mass is 16.5. The molecule has 0 saturated carbocycles. The standard InChI is InChI=1S/C31H30N2O4/c1-3-37-28-21-19-25(20-22-28)29(24-13-7-4-8-14-24)33(23(2)34)32-30(35)31(36,26-15-9-5-10-16-26)27-17-11-6-12-18-27/h4-22,29,36H,3H2,1-2H3,(H,32,35)/t29-/m1/s1. The molecule has 37 heavy (non-hydrogen) atoms. The highest BCUT2D eigenvalue weighted by Crippen LogP contribution is 2.33. The fourth-order valence-corrected chi connectivity index (χ4v) is 4.34. The number of carbonyl (C=O) groups excluding carboxylic acids is 2. The molecule has 0 heterocycles. The highest BCUT2D eigenvalue weighted by molar-refractivity contribution is 5.91. The van der Waals surface area contributed by atoms with Crippen LogP contribution in [0.1, 0.15) is 42.1 Å². The predicted octanol–water partition coefficient (Wildman–Crippen LogP) is 4.99. The van der Waals surface area contributed by atoms with E-state index < -0.39 is 17.6 Å². The van der Waals surface area contributed by atoms with E-state index in [1.807, 2.05) is 73.7 Å². The number of nitrogens with zero attached hydrogens (tertiary/aromatic N) is 1. The van der Waals surface area contributed by atoms with Crippen molar-refractivity contribution in [2.45, 2.75) is 25.5 Å². The van der Waals surface area contributed by atoms with E-state index in [4.69, 9.17) is 4.74 Å². The van der Waals surface area contributed by atoms with Gasteiger partial charge in [0, 0.05) is 6.92 Å². The van der Waals surface area contributed by atoms with Crippen molar-refractivity contribution in [2.75, 3.05) is 6.61 Å². The molecule has 4 rings (SSSR count). The smallest absolute Gasteiger partial charge is 0.279 e. The Morgan fingerprint density at radius 2 is 1.24 bits per heavy atom. The van der Waals surface area contributed by atoms with Crippen molar-refractivity contribution in [1.82, 2.24) is 10.4 Å². The number of hydrogen-bond donors (Lipinski definition) is 2. The molecule has 0 aliphatic rings. The Kier molecular flexibility index (Phi) is 8.01. The number of aliphatic hydroxyl groups is 1. The predicted molar refractivity (Wildman–Crippen MR) is 142 cm³/mol. The molecule has 0 aliphatic carbocycles. The van der Waals surface area contributed by atoms with Gasteiger partial charge in [-0.3, -0.25) is 15.0 Å². The lowest BCUT2D eigenvalue weighted by atomic mass is 9.85. The summed E-state index contributed by atoms with van der Waals surface area (Å²) >= 11 is 0. The van der Waals surface area contributed by atoms with Gasteiger partial charge >= 0.3 is 0 Å². The Bertz CT molecular complexity index is 1270. The summed E-state index contributed by atoms with van der Waals surface area (Å²) in [5.41, 5.74) is 3.07. The van der Waals surface area contributed by atoms with Gasteiger partial charge in [-0.15, -0.1) is 0 Å². The zero-order valence-electron chi connectivity index (χ0n) is 20.9. The van der Waals surface area contributed by atoms with Crippen molar-refractivity contribution >= 4 is 11.8 Å². The third kappa shape index (κ3) is 5.55. The molecule has 0 bridgehead atoms. The molecule has 2 amide bonds. The number of benzene rings is 4. The average molecular weight is 495 g/mol. The Balaban J connectivity index is 1.77. The number of hydrogen-bond acceptors (Lipinski definition) is 4. The van der Waals surface area contributed by atoms with Gasteiger partial charge in [-0.25, -0.2) is 5.01 Å². The quantitative estimate of drug-likeness (QED) is 0.338. The molecule has 0 aliphatic heterocycles. The van der Waals surface area contributed by atoms with Crippen LogP contribution in [0.15, 0.2) is 115 Å². The first-order valence-corrected chi connectivity index (χ1v) is 12.2. The number of carbonyl (C=O) groups is 2. The second-order valence-corrected chi connectivity index (χ2v) is 8.59. The summed E-state index contributed by atoms with van der Waals surface area (Å²) < 4.78 is 5.58. The van der Waals surface area contributed by atoms with Crippen molar-refractivity contribution in [2.24, 2.45) is 0 Å². The van der Waals surface area contributed by atoms with Gasteiger partial charge in [-0.2, -0.15) is 0 Å². The van der Waals surface area contributed by atoms with Crippen LogP contribution in [-0.4, -0.2) is 28.5 Å². The van der Waals surface area contributed by atoms with Crippen LogP contribution in [-0.2, 0) is 15.2 Å². The first-order valence-electron chi connectivity index (χ1n) is 12.2. The molecule has 0 unspecified atom stereocenters. The van der Waals surface area contributed by atoms with Gasteiger partial charge in [0.2, 0.25) is 5.91 Å². The molecule has 188 valence electrons. The van der Waals surface area contributed by atoms with Gasteiger partial charge in [-0.05, 0) is 41.3 Å². The third-order valence-corrected chi connectivity index (χ3v) is 6.15. The average Bonchev–Trinajstić information content (AvgIpc) is 2.94. The fraction of sp³-hybridized carbons (Fsp3) is 0.161. The van der Waals surface area contributed by atoms with Crippen molar-refractivity contribution in [1.29, 1.82) is 0 Å². The SMILES string of the molecule is CCOc1ccc([C@@H](c2ccccc2)N(NC(=O)C(O)(c2ccccc2)c2ccccc2)C(C)=O)cc1. The van der Waals surface area contributed by atoms with Crippen molar-refractivity contribution in [3.63, 3.8) is 0 Å². The lowest BCUT2D eigenvalue weighted by Gasteiger charge is -2.36. The summed E-state index contributed by atoms with van der Waals surface area (Å²) in [7, 11) is 0. The summed E-state index contributed by atoms with van der Waals surface area (Å²) in [5.74, 6) is -0.425. The lowest BCUT2D eigenvalue weighted by Crippen LogP contribution is -2.55. The highest BCUT2D eigenvalue weighted by Gasteiger charge is 2.42. The van der Waals surface area contributed by atoms with E-state index in [0.717, 1.165) is 11.1 Å². The molecule has 4 aromatic carbocycles. The van der Waals surface area contributed by atoms with Crippen LogP contribution in [0.3, 0.4) is 0 Å². The monoisotopic (exact) mass is 494 g/mol. The summed E-state index contributed by atoms with van der Waals surface area (Å²) in [4.78, 5) is 27.0. The lowest BCUT2D eigenvalue weighted by molar-refractivity contribution is -0.150. The van der Waals surface area contributed by atoms with Crippen molar-refractivity contribution < 1.29 is 19.4 Å². The van der Waals surface area contributed by atoms with Gasteiger partial charge in [0.15, 0.2) is 5.60 Å². The molecular formula is C31H30N2O4. The van der Waals surface area contributed by atoms with Crippen molar-refractivity contribution in [3.05, 3.63) is 138 Å². The largest absolute Gasteiger partial charge is 0.494 e.